The molecule has 12 heteroatoms. The number of nitrogens with zero attached hydrogens (tertiary/aromatic N) is 6. The Balaban J connectivity index is 1.72. The average Bonchev–Trinajstić information content (AvgIpc) is 3.77. The van der Waals surface area contributed by atoms with Gasteiger partial charge in [-0.2, -0.15) is 0 Å². The van der Waals surface area contributed by atoms with Gasteiger partial charge in [0, 0.05) is 55.0 Å². The molecule has 12 nitrogen and oxygen atoms in total. The Bertz CT molecular complexity index is 1110. The van der Waals surface area contributed by atoms with Crippen molar-refractivity contribution < 1.29 is 28.6 Å². The van der Waals surface area contributed by atoms with E-state index >= 15 is 0 Å². The van der Waals surface area contributed by atoms with Gasteiger partial charge in [0.1, 0.15) is 18.1 Å². The second-order valence-corrected chi connectivity index (χ2v) is 11.0. The summed E-state index contributed by atoms with van der Waals surface area (Å²) >= 11 is 0. The van der Waals surface area contributed by atoms with Gasteiger partial charge in [-0.25, -0.2) is 29.3 Å². The molecule has 0 spiro atoms. The number of rotatable bonds is 9. The molecule has 0 bridgehead atoms. The predicted octanol–water partition coefficient (Wildman–Crippen LogP) is 2.87. The fourth-order valence-electron chi connectivity index (χ4n) is 5.82. The number of aromatic nitrogens is 3. The van der Waals surface area contributed by atoms with Gasteiger partial charge in [-0.05, 0) is 59.3 Å². The Kier molecular flexibility index (Phi) is 10.2. The number of likely N-dealkylation sites (tertiary alicyclic amines) is 3. The molecule has 3 aliphatic rings. The molecule has 3 atom stereocenters. The lowest BCUT2D eigenvalue weighted by molar-refractivity contribution is -0.145. The normalized spacial score (nSPS) is 23.4. The van der Waals surface area contributed by atoms with Crippen molar-refractivity contribution in [2.24, 2.45) is 0 Å². The van der Waals surface area contributed by atoms with Gasteiger partial charge in [0.2, 0.25) is 0 Å². The first-order chi connectivity index (χ1) is 20.2. The third-order valence-corrected chi connectivity index (χ3v) is 8.07. The van der Waals surface area contributed by atoms with Crippen molar-refractivity contribution in [2.45, 2.75) is 77.4 Å². The molecule has 3 unspecified atom stereocenters. The first-order valence-electron chi connectivity index (χ1n) is 14.5. The molecule has 4 rings (SSSR count). The van der Waals surface area contributed by atoms with E-state index < -0.39 is 0 Å². The van der Waals surface area contributed by atoms with E-state index in [0.29, 0.717) is 17.5 Å². The third-order valence-electron chi connectivity index (χ3n) is 8.07. The van der Waals surface area contributed by atoms with Crippen LogP contribution in [0, 0.1) is 0 Å². The fraction of sp³-hybridized carbons (Fsp3) is 0.600. The van der Waals surface area contributed by atoms with Gasteiger partial charge in [-0.15, -0.1) is 0 Å². The van der Waals surface area contributed by atoms with Crippen LogP contribution < -0.4 is 0 Å². The highest BCUT2D eigenvalue weighted by Crippen LogP contribution is 2.26. The van der Waals surface area contributed by atoms with Crippen LogP contribution in [0.25, 0.3) is 16.7 Å². The molecule has 0 amide bonds. The molecule has 0 saturated carbocycles. The second kappa shape index (κ2) is 13.8. The van der Waals surface area contributed by atoms with Crippen LogP contribution in [-0.4, -0.2) is 107 Å². The molecule has 3 fully saturated rings. The number of ether oxygens (including phenoxy) is 3. The highest BCUT2D eigenvalue weighted by atomic mass is 16.5. The molecular formula is C30H42N6O6. The highest BCUT2D eigenvalue weighted by Gasteiger charge is 2.32. The SMILES string of the molecule is COC(=O)C1CCCN1/C=C(\C)c1nc(/C(C)=C/N2CCCC2C(=O)OC)nc(/C(C)=C/N2CCCC2C(=O)OC)n1. The summed E-state index contributed by atoms with van der Waals surface area (Å²) in [5.74, 6) is 0.640. The van der Waals surface area contributed by atoms with Gasteiger partial charge in [0.15, 0.2) is 17.5 Å². The van der Waals surface area contributed by atoms with E-state index in [0.717, 1.165) is 74.9 Å². The average molecular weight is 583 g/mol. The fourth-order valence-corrected chi connectivity index (χ4v) is 5.82. The summed E-state index contributed by atoms with van der Waals surface area (Å²) in [6.07, 6.45) is 10.6. The zero-order chi connectivity index (χ0) is 30.4. The molecule has 1 aromatic heterocycles. The summed E-state index contributed by atoms with van der Waals surface area (Å²) in [6.45, 7) is 7.92. The number of hydrogen-bond donors (Lipinski definition) is 0. The summed E-state index contributed by atoms with van der Waals surface area (Å²) in [7, 11) is 4.21. The first kappa shape index (κ1) is 31.0. The molecule has 42 heavy (non-hydrogen) atoms. The van der Waals surface area contributed by atoms with Crippen LogP contribution in [-0.2, 0) is 28.6 Å². The van der Waals surface area contributed by atoms with Crippen LogP contribution in [0.1, 0.15) is 76.8 Å². The van der Waals surface area contributed by atoms with Gasteiger partial charge >= 0.3 is 17.9 Å². The molecule has 3 aliphatic heterocycles. The lowest BCUT2D eigenvalue weighted by Gasteiger charge is -2.22. The van der Waals surface area contributed by atoms with Crippen molar-refractivity contribution in [3.05, 3.63) is 36.1 Å². The van der Waals surface area contributed by atoms with Crippen LogP contribution >= 0.6 is 0 Å². The van der Waals surface area contributed by atoms with Crippen LogP contribution in [0.2, 0.25) is 0 Å². The zero-order valence-electron chi connectivity index (χ0n) is 25.5. The molecule has 1 aromatic rings. The molecule has 0 aliphatic carbocycles. The van der Waals surface area contributed by atoms with E-state index in [4.69, 9.17) is 29.2 Å². The van der Waals surface area contributed by atoms with E-state index in [2.05, 4.69) is 0 Å². The van der Waals surface area contributed by atoms with Gasteiger partial charge in [-0.1, -0.05) is 0 Å². The minimum atomic E-state index is -0.343. The smallest absolute Gasteiger partial charge is 0.328 e. The van der Waals surface area contributed by atoms with Crippen LogP contribution in [0.15, 0.2) is 18.6 Å². The van der Waals surface area contributed by atoms with E-state index in [1.807, 2.05) is 54.1 Å². The van der Waals surface area contributed by atoms with Crippen molar-refractivity contribution in [3.63, 3.8) is 0 Å². The third kappa shape index (κ3) is 6.91. The summed E-state index contributed by atoms with van der Waals surface area (Å²) in [4.78, 5) is 57.3. The Morgan fingerprint density at radius 2 is 0.833 bits per heavy atom. The Hall–Kier alpha value is -3.96. The lowest BCUT2D eigenvalue weighted by atomic mass is 10.2. The molecule has 0 N–H and O–H groups in total. The molecular weight excluding hydrogens is 540 g/mol. The number of esters is 3. The number of carbonyl (C=O) groups excluding carboxylic acids is 3. The predicted molar refractivity (Wildman–Crippen MR) is 156 cm³/mol. The largest absolute Gasteiger partial charge is 0.467 e. The summed E-state index contributed by atoms with van der Waals surface area (Å²) in [5.41, 5.74) is 2.33. The lowest BCUT2D eigenvalue weighted by Crippen LogP contribution is -2.33. The van der Waals surface area contributed by atoms with Crippen LogP contribution in [0.5, 0.6) is 0 Å². The van der Waals surface area contributed by atoms with E-state index in [1.54, 1.807) is 0 Å². The Morgan fingerprint density at radius 1 is 0.571 bits per heavy atom. The number of carbonyl (C=O) groups is 3. The second-order valence-electron chi connectivity index (χ2n) is 11.0. The van der Waals surface area contributed by atoms with Gasteiger partial charge in [0.25, 0.3) is 0 Å². The van der Waals surface area contributed by atoms with Crippen LogP contribution in [0.4, 0.5) is 0 Å². The van der Waals surface area contributed by atoms with Crippen molar-refractivity contribution in [1.29, 1.82) is 0 Å². The van der Waals surface area contributed by atoms with Gasteiger partial charge < -0.3 is 28.9 Å². The maximum absolute atomic E-state index is 12.3. The van der Waals surface area contributed by atoms with Crippen LogP contribution in [0.3, 0.4) is 0 Å². The minimum absolute atomic E-state index is 0.261. The van der Waals surface area contributed by atoms with Crippen molar-refractivity contribution in [2.75, 3.05) is 41.0 Å². The van der Waals surface area contributed by atoms with Crippen molar-refractivity contribution in [1.82, 2.24) is 29.7 Å². The van der Waals surface area contributed by atoms with E-state index in [-0.39, 0.29) is 36.0 Å². The highest BCUT2D eigenvalue weighted by molar-refractivity contribution is 5.78. The standard InChI is InChI=1S/C30H42N6O6/c1-19(16-34-13-7-10-22(34)28(37)40-4)25-31-26(20(2)17-35-14-8-11-23(35)29(38)41-5)33-27(32-25)21(3)18-36-15-9-12-24(36)30(39)42-6/h16-18,22-24H,7-15H2,1-6H3/b19-16+,20-17+,21-18+. The summed E-state index contributed by atoms with van der Waals surface area (Å²) in [6, 6.07) is -1.03. The minimum Gasteiger partial charge on any atom is -0.467 e. The quantitative estimate of drug-likeness (QED) is 0.314. The number of methoxy groups -OCH3 is 3. The maximum atomic E-state index is 12.3. The Morgan fingerprint density at radius 3 is 1.07 bits per heavy atom. The van der Waals surface area contributed by atoms with E-state index in [9.17, 15) is 14.4 Å². The van der Waals surface area contributed by atoms with Gasteiger partial charge in [0.05, 0.1) is 21.3 Å². The monoisotopic (exact) mass is 582 g/mol. The maximum Gasteiger partial charge on any atom is 0.328 e. The van der Waals surface area contributed by atoms with Crippen molar-refractivity contribution in [3.8, 4) is 0 Å². The van der Waals surface area contributed by atoms with Crippen molar-refractivity contribution >= 4 is 34.6 Å². The van der Waals surface area contributed by atoms with E-state index in [1.165, 1.54) is 21.3 Å². The number of hydrogen-bond acceptors (Lipinski definition) is 12. The molecule has 228 valence electrons. The van der Waals surface area contributed by atoms with Gasteiger partial charge in [-0.3, -0.25) is 0 Å². The Labute approximate surface area is 247 Å². The zero-order valence-corrected chi connectivity index (χ0v) is 25.5. The first-order valence-corrected chi connectivity index (χ1v) is 14.5. The molecule has 0 aromatic carbocycles. The molecule has 3 saturated heterocycles. The topological polar surface area (TPSA) is 127 Å². The summed E-state index contributed by atoms with van der Waals surface area (Å²) in [5, 5.41) is 0. The number of allylic oxidation sites excluding steroid dienone is 3. The molecule has 0 radical (unpaired) electrons. The summed E-state index contributed by atoms with van der Waals surface area (Å²) < 4.78 is 15.0. The molecule has 4 heterocycles.